The van der Waals surface area contributed by atoms with E-state index in [0.29, 0.717) is 36.6 Å². The number of thioether (sulfide) groups is 1. The summed E-state index contributed by atoms with van der Waals surface area (Å²) in [6.45, 7) is 2.84. The average molecular weight is 435 g/mol. The van der Waals surface area contributed by atoms with Crippen LogP contribution in [0.15, 0.2) is 59.8 Å². The second-order valence-electron chi connectivity index (χ2n) is 6.86. The highest BCUT2D eigenvalue weighted by Gasteiger charge is 2.21. The van der Waals surface area contributed by atoms with Gasteiger partial charge in [0.05, 0.1) is 30.2 Å². The Balaban J connectivity index is 1.45. The number of morpholine rings is 1. The monoisotopic (exact) mass is 434 g/mol. The van der Waals surface area contributed by atoms with Gasteiger partial charge in [-0.15, -0.1) is 10.2 Å². The fourth-order valence-electron chi connectivity index (χ4n) is 3.26. The summed E-state index contributed by atoms with van der Waals surface area (Å²) in [6.07, 6.45) is 0.291. The molecule has 1 N–H and O–H groups in total. The Kier molecular flexibility index (Phi) is 6.82. The summed E-state index contributed by atoms with van der Waals surface area (Å²) in [5, 5.41) is 21.5. The van der Waals surface area contributed by atoms with Crippen LogP contribution in [-0.4, -0.2) is 52.7 Å². The fourth-order valence-corrected chi connectivity index (χ4v) is 4.15. The Bertz CT molecular complexity index is 1070. The second-order valence-corrected chi connectivity index (χ2v) is 7.92. The molecule has 3 aromatic rings. The number of nitriles is 1. The zero-order chi connectivity index (χ0) is 21.5. The number of carbonyl (C=O) groups is 1. The third kappa shape index (κ3) is 5.05. The lowest BCUT2D eigenvalue weighted by molar-refractivity contribution is -0.115. The normalized spacial score (nSPS) is 13.6. The first-order chi connectivity index (χ1) is 15.3. The largest absolute Gasteiger partial charge is 0.378 e. The number of amides is 1. The van der Waals surface area contributed by atoms with E-state index in [9.17, 15) is 4.79 Å². The summed E-state index contributed by atoms with van der Waals surface area (Å²) in [7, 11) is 0. The molecule has 0 radical (unpaired) electrons. The molecule has 0 saturated carbocycles. The Morgan fingerprint density at radius 3 is 2.61 bits per heavy atom. The highest BCUT2D eigenvalue weighted by molar-refractivity contribution is 7.99. The lowest BCUT2D eigenvalue weighted by atomic mass is 10.2. The molecule has 1 aliphatic heterocycles. The van der Waals surface area contributed by atoms with Gasteiger partial charge in [-0.25, -0.2) is 0 Å². The molecule has 8 nitrogen and oxygen atoms in total. The Hall–Kier alpha value is -3.35. The van der Waals surface area contributed by atoms with Crippen molar-refractivity contribution in [3.8, 4) is 11.8 Å². The average Bonchev–Trinajstić information content (AvgIpc) is 3.24. The molecule has 31 heavy (non-hydrogen) atoms. The van der Waals surface area contributed by atoms with Gasteiger partial charge in [-0.05, 0) is 24.3 Å². The number of para-hydroxylation sites is 2. The molecule has 158 valence electrons. The lowest BCUT2D eigenvalue weighted by Crippen LogP contribution is -2.37. The van der Waals surface area contributed by atoms with Crippen molar-refractivity contribution in [2.24, 2.45) is 0 Å². The van der Waals surface area contributed by atoms with Gasteiger partial charge in [0.25, 0.3) is 0 Å². The standard InChI is InChI=1S/C22H22N6O2S/c23-16-17-6-4-5-9-19(17)24-20(29)10-15-31-22-26-25-21(27-11-13-30-14-12-27)28(22)18-7-2-1-3-8-18/h1-9H,10-15H2,(H,24,29). The number of ether oxygens (including phenoxy) is 1. The van der Waals surface area contributed by atoms with E-state index >= 15 is 0 Å². The van der Waals surface area contributed by atoms with Gasteiger partial charge in [0.15, 0.2) is 5.16 Å². The lowest BCUT2D eigenvalue weighted by Gasteiger charge is -2.27. The van der Waals surface area contributed by atoms with E-state index in [2.05, 4.69) is 26.5 Å². The van der Waals surface area contributed by atoms with Crippen molar-refractivity contribution in [2.45, 2.75) is 11.6 Å². The fraction of sp³-hybridized carbons (Fsp3) is 0.273. The van der Waals surface area contributed by atoms with Crippen molar-refractivity contribution >= 4 is 29.3 Å². The van der Waals surface area contributed by atoms with Crippen molar-refractivity contribution in [1.82, 2.24) is 14.8 Å². The van der Waals surface area contributed by atoms with E-state index in [0.717, 1.165) is 29.9 Å². The third-order valence-electron chi connectivity index (χ3n) is 4.81. The molecule has 1 fully saturated rings. The molecule has 0 atom stereocenters. The van der Waals surface area contributed by atoms with E-state index in [4.69, 9.17) is 10.00 Å². The summed E-state index contributed by atoms with van der Waals surface area (Å²) < 4.78 is 7.49. The number of carbonyl (C=O) groups excluding carboxylic acids is 1. The molecule has 0 aliphatic carbocycles. The summed E-state index contributed by atoms with van der Waals surface area (Å²) in [5.41, 5.74) is 1.95. The first kappa shape index (κ1) is 20.9. The molecule has 1 saturated heterocycles. The van der Waals surface area contributed by atoms with Gasteiger partial charge in [-0.1, -0.05) is 42.1 Å². The van der Waals surface area contributed by atoms with Gasteiger partial charge in [0.2, 0.25) is 11.9 Å². The molecular formula is C22H22N6O2S. The number of nitrogens with one attached hydrogen (secondary N) is 1. The molecule has 2 heterocycles. The van der Waals surface area contributed by atoms with Crippen LogP contribution >= 0.6 is 11.8 Å². The van der Waals surface area contributed by atoms with Crippen molar-refractivity contribution in [3.63, 3.8) is 0 Å². The van der Waals surface area contributed by atoms with Crippen molar-refractivity contribution in [2.75, 3.05) is 42.3 Å². The summed E-state index contributed by atoms with van der Waals surface area (Å²) in [5.74, 6) is 1.17. The summed E-state index contributed by atoms with van der Waals surface area (Å²) in [6, 6.07) is 19.0. The minimum atomic E-state index is -0.144. The van der Waals surface area contributed by atoms with Gasteiger partial charge < -0.3 is 15.0 Å². The maximum absolute atomic E-state index is 12.4. The molecule has 1 aromatic heterocycles. The number of hydrogen-bond donors (Lipinski definition) is 1. The molecule has 9 heteroatoms. The van der Waals surface area contributed by atoms with Crippen LogP contribution in [0.4, 0.5) is 11.6 Å². The van der Waals surface area contributed by atoms with E-state index in [1.165, 1.54) is 11.8 Å². The van der Waals surface area contributed by atoms with Crippen LogP contribution in [0.2, 0.25) is 0 Å². The van der Waals surface area contributed by atoms with Gasteiger partial charge in [0, 0.05) is 25.3 Å². The number of anilines is 2. The number of nitrogens with zero attached hydrogens (tertiary/aromatic N) is 5. The predicted molar refractivity (Wildman–Crippen MR) is 120 cm³/mol. The number of aromatic nitrogens is 3. The summed E-state index contributed by atoms with van der Waals surface area (Å²) in [4.78, 5) is 14.5. The van der Waals surface area contributed by atoms with Crippen molar-refractivity contribution in [3.05, 3.63) is 60.2 Å². The first-order valence-electron chi connectivity index (χ1n) is 10.0. The van der Waals surface area contributed by atoms with Crippen LogP contribution in [0.5, 0.6) is 0 Å². The Morgan fingerprint density at radius 2 is 1.84 bits per heavy atom. The molecular weight excluding hydrogens is 412 g/mol. The zero-order valence-electron chi connectivity index (χ0n) is 16.9. The first-order valence-corrected chi connectivity index (χ1v) is 11.0. The number of hydrogen-bond acceptors (Lipinski definition) is 7. The predicted octanol–water partition coefficient (Wildman–Crippen LogP) is 3.10. The van der Waals surface area contributed by atoms with E-state index in [1.807, 2.05) is 34.9 Å². The van der Waals surface area contributed by atoms with E-state index in [-0.39, 0.29) is 5.91 Å². The van der Waals surface area contributed by atoms with Crippen LogP contribution in [-0.2, 0) is 9.53 Å². The van der Waals surface area contributed by atoms with Crippen molar-refractivity contribution < 1.29 is 9.53 Å². The van der Waals surface area contributed by atoms with Crippen LogP contribution in [0.1, 0.15) is 12.0 Å². The Labute approximate surface area is 184 Å². The minimum absolute atomic E-state index is 0.144. The van der Waals surface area contributed by atoms with E-state index < -0.39 is 0 Å². The Morgan fingerprint density at radius 1 is 1.10 bits per heavy atom. The SMILES string of the molecule is N#Cc1ccccc1NC(=O)CCSc1nnc(N2CCOCC2)n1-c1ccccc1. The van der Waals surface area contributed by atoms with Crippen LogP contribution in [0, 0.1) is 11.3 Å². The molecule has 1 amide bonds. The molecule has 0 bridgehead atoms. The quantitative estimate of drug-likeness (QED) is 0.571. The highest BCUT2D eigenvalue weighted by atomic mass is 32.2. The highest BCUT2D eigenvalue weighted by Crippen LogP contribution is 2.27. The molecule has 0 unspecified atom stereocenters. The topological polar surface area (TPSA) is 96.1 Å². The van der Waals surface area contributed by atoms with Gasteiger partial charge >= 0.3 is 0 Å². The molecule has 4 rings (SSSR count). The third-order valence-corrected chi connectivity index (χ3v) is 5.74. The molecule has 0 spiro atoms. The second kappa shape index (κ2) is 10.1. The van der Waals surface area contributed by atoms with Crippen LogP contribution in [0.25, 0.3) is 5.69 Å². The van der Waals surface area contributed by atoms with Crippen molar-refractivity contribution in [1.29, 1.82) is 5.26 Å². The van der Waals surface area contributed by atoms with Gasteiger partial charge in [0.1, 0.15) is 6.07 Å². The minimum Gasteiger partial charge on any atom is -0.378 e. The summed E-state index contributed by atoms with van der Waals surface area (Å²) >= 11 is 1.48. The van der Waals surface area contributed by atoms with Gasteiger partial charge in [-0.3, -0.25) is 9.36 Å². The van der Waals surface area contributed by atoms with Crippen LogP contribution < -0.4 is 10.2 Å². The number of rotatable bonds is 7. The van der Waals surface area contributed by atoms with E-state index in [1.54, 1.807) is 24.3 Å². The zero-order valence-corrected chi connectivity index (χ0v) is 17.7. The smallest absolute Gasteiger partial charge is 0.232 e. The molecule has 2 aromatic carbocycles. The maximum Gasteiger partial charge on any atom is 0.232 e. The van der Waals surface area contributed by atoms with Crippen LogP contribution in [0.3, 0.4) is 0 Å². The number of benzene rings is 2. The molecule has 1 aliphatic rings. The van der Waals surface area contributed by atoms with Gasteiger partial charge in [-0.2, -0.15) is 5.26 Å². The maximum atomic E-state index is 12.4.